The van der Waals surface area contributed by atoms with Crippen LogP contribution in [0, 0.1) is 6.92 Å². The van der Waals surface area contributed by atoms with Crippen molar-refractivity contribution in [3.05, 3.63) is 64.8 Å². The Labute approximate surface area is 172 Å². The first-order chi connectivity index (χ1) is 13.8. The number of anilines is 1. The van der Waals surface area contributed by atoms with E-state index in [4.69, 9.17) is 16.3 Å². The number of ether oxygens (including phenoxy) is 1. The SMILES string of the molecule is Cc1ccc(NC(=O)CN(C)C(=O)COC(=O)c2[nH]c3ccccc3c2Cl)cc1. The van der Waals surface area contributed by atoms with Crippen LogP contribution in [0.3, 0.4) is 0 Å². The molecule has 0 atom stereocenters. The molecule has 0 aliphatic rings. The van der Waals surface area contributed by atoms with Crippen LogP contribution >= 0.6 is 11.6 Å². The van der Waals surface area contributed by atoms with Gasteiger partial charge in [0.1, 0.15) is 5.69 Å². The predicted molar refractivity (Wildman–Crippen MR) is 111 cm³/mol. The number of carbonyl (C=O) groups excluding carboxylic acids is 3. The van der Waals surface area contributed by atoms with Crippen molar-refractivity contribution in [1.82, 2.24) is 9.88 Å². The number of rotatable bonds is 6. The van der Waals surface area contributed by atoms with E-state index in [1.807, 2.05) is 25.1 Å². The van der Waals surface area contributed by atoms with Gasteiger partial charge in [-0.05, 0) is 25.1 Å². The summed E-state index contributed by atoms with van der Waals surface area (Å²) in [7, 11) is 1.46. The third-order valence-corrected chi connectivity index (χ3v) is 4.71. The molecule has 3 aromatic rings. The molecule has 0 aliphatic heterocycles. The number of H-pyrrole nitrogens is 1. The summed E-state index contributed by atoms with van der Waals surface area (Å²) in [5, 5.41) is 3.64. The number of fused-ring (bicyclic) bond motifs is 1. The minimum absolute atomic E-state index is 0.0837. The topological polar surface area (TPSA) is 91.5 Å². The Morgan fingerprint density at radius 3 is 2.48 bits per heavy atom. The lowest BCUT2D eigenvalue weighted by Gasteiger charge is -2.16. The lowest BCUT2D eigenvalue weighted by Crippen LogP contribution is -2.37. The van der Waals surface area contributed by atoms with E-state index < -0.39 is 18.5 Å². The van der Waals surface area contributed by atoms with Crippen molar-refractivity contribution in [1.29, 1.82) is 0 Å². The van der Waals surface area contributed by atoms with E-state index in [0.29, 0.717) is 16.6 Å². The Morgan fingerprint density at radius 2 is 1.79 bits per heavy atom. The molecule has 8 heteroatoms. The average molecular weight is 414 g/mol. The van der Waals surface area contributed by atoms with Crippen molar-refractivity contribution in [2.45, 2.75) is 6.92 Å². The average Bonchev–Trinajstić information content (AvgIpc) is 3.04. The van der Waals surface area contributed by atoms with Gasteiger partial charge in [-0.25, -0.2) is 4.79 Å². The van der Waals surface area contributed by atoms with Gasteiger partial charge in [0.05, 0.1) is 11.6 Å². The van der Waals surface area contributed by atoms with E-state index in [2.05, 4.69) is 10.3 Å². The quantitative estimate of drug-likeness (QED) is 0.606. The maximum Gasteiger partial charge on any atom is 0.356 e. The van der Waals surface area contributed by atoms with Gasteiger partial charge in [0, 0.05) is 23.6 Å². The second kappa shape index (κ2) is 8.79. The Hall–Kier alpha value is -3.32. The number of nitrogens with zero attached hydrogens (tertiary/aromatic N) is 1. The van der Waals surface area contributed by atoms with Crippen molar-refractivity contribution in [3.8, 4) is 0 Å². The van der Waals surface area contributed by atoms with Crippen molar-refractivity contribution >= 4 is 46.0 Å². The number of likely N-dealkylation sites (N-methyl/N-ethyl adjacent to an activating group) is 1. The molecule has 1 heterocycles. The highest BCUT2D eigenvalue weighted by Crippen LogP contribution is 2.27. The summed E-state index contributed by atoms with van der Waals surface area (Å²) < 4.78 is 5.06. The van der Waals surface area contributed by atoms with Gasteiger partial charge in [-0.3, -0.25) is 9.59 Å². The fraction of sp³-hybridized carbons (Fsp3) is 0.190. The molecule has 3 rings (SSSR count). The number of aryl methyl sites for hydroxylation is 1. The van der Waals surface area contributed by atoms with Crippen LogP contribution in [0.2, 0.25) is 5.02 Å². The minimum Gasteiger partial charge on any atom is -0.451 e. The summed E-state index contributed by atoms with van der Waals surface area (Å²) >= 11 is 6.21. The van der Waals surface area contributed by atoms with Crippen LogP contribution in [0.1, 0.15) is 16.1 Å². The summed E-state index contributed by atoms with van der Waals surface area (Å²) in [5.41, 5.74) is 2.50. The molecule has 0 aliphatic carbocycles. The van der Waals surface area contributed by atoms with Gasteiger partial charge >= 0.3 is 5.97 Å². The number of hydrogen-bond donors (Lipinski definition) is 2. The molecule has 0 unspecified atom stereocenters. The number of aromatic nitrogens is 1. The monoisotopic (exact) mass is 413 g/mol. The number of halogens is 1. The summed E-state index contributed by atoms with van der Waals surface area (Å²) in [6.07, 6.45) is 0. The number of aromatic amines is 1. The molecule has 2 aromatic carbocycles. The molecular weight excluding hydrogens is 394 g/mol. The zero-order valence-corrected chi connectivity index (χ0v) is 16.7. The summed E-state index contributed by atoms with van der Waals surface area (Å²) in [4.78, 5) is 40.6. The van der Waals surface area contributed by atoms with Gasteiger partial charge in [-0.2, -0.15) is 0 Å². The van der Waals surface area contributed by atoms with Crippen LogP contribution in [-0.4, -0.2) is 47.9 Å². The molecule has 2 N–H and O–H groups in total. The first kappa shape index (κ1) is 20.4. The molecule has 0 spiro atoms. The van der Waals surface area contributed by atoms with Gasteiger partial charge in [0.25, 0.3) is 5.91 Å². The van der Waals surface area contributed by atoms with Crippen LogP contribution < -0.4 is 5.32 Å². The van der Waals surface area contributed by atoms with Crippen molar-refractivity contribution in [2.24, 2.45) is 0 Å². The lowest BCUT2D eigenvalue weighted by molar-refractivity contribution is -0.136. The van der Waals surface area contributed by atoms with Crippen LogP contribution in [0.25, 0.3) is 10.9 Å². The summed E-state index contributed by atoms with van der Waals surface area (Å²) in [5.74, 6) is -1.60. The van der Waals surface area contributed by atoms with Gasteiger partial charge in [0.15, 0.2) is 6.61 Å². The molecule has 1 aromatic heterocycles. The van der Waals surface area contributed by atoms with Crippen molar-refractivity contribution < 1.29 is 19.1 Å². The lowest BCUT2D eigenvalue weighted by atomic mass is 10.2. The molecule has 0 fully saturated rings. The molecule has 150 valence electrons. The smallest absolute Gasteiger partial charge is 0.356 e. The van der Waals surface area contributed by atoms with Crippen molar-refractivity contribution in [2.75, 3.05) is 25.5 Å². The first-order valence-electron chi connectivity index (χ1n) is 8.89. The van der Waals surface area contributed by atoms with Crippen LogP contribution in [-0.2, 0) is 14.3 Å². The molecule has 0 radical (unpaired) electrons. The minimum atomic E-state index is -0.739. The standard InChI is InChI=1S/C21H20ClN3O4/c1-13-7-9-14(10-8-13)23-17(26)11-25(2)18(27)12-29-21(28)20-19(22)15-5-3-4-6-16(15)24-20/h3-10,24H,11-12H2,1-2H3,(H,23,26). The molecule has 0 bridgehead atoms. The van der Waals surface area contributed by atoms with E-state index >= 15 is 0 Å². The van der Waals surface area contributed by atoms with Crippen LogP contribution in [0.5, 0.6) is 0 Å². The van der Waals surface area contributed by atoms with E-state index in [1.165, 1.54) is 11.9 Å². The van der Waals surface area contributed by atoms with E-state index in [0.717, 1.165) is 5.56 Å². The predicted octanol–water partition coefficient (Wildman–Crippen LogP) is 3.38. The second-order valence-corrected chi connectivity index (χ2v) is 6.98. The van der Waals surface area contributed by atoms with E-state index in [-0.39, 0.29) is 23.2 Å². The van der Waals surface area contributed by atoms with Gasteiger partial charge in [-0.1, -0.05) is 47.5 Å². The first-order valence-corrected chi connectivity index (χ1v) is 9.26. The number of nitrogens with one attached hydrogen (secondary N) is 2. The maximum atomic E-state index is 12.3. The van der Waals surface area contributed by atoms with Crippen LogP contribution in [0.15, 0.2) is 48.5 Å². The fourth-order valence-corrected chi connectivity index (χ4v) is 2.99. The number of benzene rings is 2. The highest BCUT2D eigenvalue weighted by Gasteiger charge is 2.20. The van der Waals surface area contributed by atoms with Gasteiger partial charge in [0.2, 0.25) is 5.91 Å². The Balaban J connectivity index is 1.52. The summed E-state index contributed by atoms with van der Waals surface area (Å²) in [6, 6.07) is 14.5. The molecule has 7 nitrogen and oxygen atoms in total. The second-order valence-electron chi connectivity index (χ2n) is 6.60. The Bertz CT molecular complexity index is 1060. The fourth-order valence-electron chi connectivity index (χ4n) is 2.70. The molecule has 2 amide bonds. The Morgan fingerprint density at radius 1 is 1.10 bits per heavy atom. The number of carbonyl (C=O) groups is 3. The van der Waals surface area contributed by atoms with Crippen LogP contribution in [0.4, 0.5) is 5.69 Å². The number of esters is 1. The molecular formula is C21H20ClN3O4. The van der Waals surface area contributed by atoms with Gasteiger partial charge in [-0.15, -0.1) is 0 Å². The number of hydrogen-bond acceptors (Lipinski definition) is 4. The highest BCUT2D eigenvalue weighted by atomic mass is 35.5. The van der Waals surface area contributed by atoms with Gasteiger partial charge < -0.3 is 19.9 Å². The normalized spacial score (nSPS) is 10.6. The maximum absolute atomic E-state index is 12.3. The summed E-state index contributed by atoms with van der Waals surface area (Å²) in [6.45, 7) is 1.28. The zero-order chi connectivity index (χ0) is 21.0. The third-order valence-electron chi connectivity index (χ3n) is 4.32. The number of para-hydroxylation sites is 1. The van der Waals surface area contributed by atoms with E-state index in [1.54, 1.807) is 30.3 Å². The molecule has 29 heavy (non-hydrogen) atoms. The molecule has 0 saturated carbocycles. The van der Waals surface area contributed by atoms with E-state index in [9.17, 15) is 14.4 Å². The Kier molecular flexibility index (Phi) is 6.19. The third kappa shape index (κ3) is 4.94. The molecule has 0 saturated heterocycles. The zero-order valence-electron chi connectivity index (χ0n) is 16.0. The van der Waals surface area contributed by atoms with Crippen molar-refractivity contribution in [3.63, 3.8) is 0 Å². The largest absolute Gasteiger partial charge is 0.451 e. The highest BCUT2D eigenvalue weighted by molar-refractivity contribution is 6.38. The number of amides is 2.